The highest BCUT2D eigenvalue weighted by atomic mass is 32.1. The molecule has 1 amide bonds. The number of fused-ring (bicyclic) bond motifs is 1. The van der Waals surface area contributed by atoms with Gasteiger partial charge in [-0.25, -0.2) is 4.98 Å². The van der Waals surface area contributed by atoms with Crippen LogP contribution < -0.4 is 11.1 Å². The molecule has 0 spiro atoms. The number of nitrogen functional groups attached to an aromatic ring is 1. The molecule has 0 bridgehead atoms. The van der Waals surface area contributed by atoms with Crippen molar-refractivity contribution < 1.29 is 4.79 Å². The number of amides is 1. The Morgan fingerprint density at radius 1 is 1.47 bits per heavy atom. The number of hydrogen-bond donors (Lipinski definition) is 2. The molecule has 0 aliphatic carbocycles. The second kappa shape index (κ2) is 3.56. The molecule has 1 aliphatic rings. The van der Waals surface area contributed by atoms with Crippen molar-refractivity contribution in [3.05, 3.63) is 28.6 Å². The van der Waals surface area contributed by atoms with Crippen molar-refractivity contribution in [2.45, 2.75) is 13.3 Å². The molecule has 3 N–H and O–H groups in total. The van der Waals surface area contributed by atoms with E-state index < -0.39 is 0 Å². The molecule has 1 aromatic heterocycles. The molecular weight excluding hydrogens is 234 g/mol. The van der Waals surface area contributed by atoms with Gasteiger partial charge in [-0.05, 0) is 24.6 Å². The number of thiazole rings is 1. The Morgan fingerprint density at radius 2 is 2.29 bits per heavy atom. The highest BCUT2D eigenvalue weighted by Gasteiger charge is 2.18. The molecule has 0 atom stereocenters. The molecule has 0 unspecified atom stereocenters. The fraction of sp³-hybridized carbons (Fsp3) is 0.167. The topological polar surface area (TPSA) is 68.0 Å². The normalized spacial score (nSPS) is 13.6. The van der Waals surface area contributed by atoms with Crippen molar-refractivity contribution in [2.24, 2.45) is 0 Å². The first kappa shape index (κ1) is 10.3. The Bertz CT molecular complexity index is 618. The van der Waals surface area contributed by atoms with Crippen molar-refractivity contribution in [1.29, 1.82) is 0 Å². The molecule has 0 fully saturated rings. The van der Waals surface area contributed by atoms with Crippen LogP contribution in [0, 0.1) is 6.92 Å². The predicted octanol–water partition coefficient (Wildman–Crippen LogP) is 2.20. The van der Waals surface area contributed by atoms with Gasteiger partial charge in [0.15, 0.2) is 5.13 Å². The van der Waals surface area contributed by atoms with Crippen molar-refractivity contribution in [3.63, 3.8) is 0 Å². The maximum absolute atomic E-state index is 11.3. The average molecular weight is 245 g/mol. The third kappa shape index (κ3) is 1.68. The van der Waals surface area contributed by atoms with E-state index in [-0.39, 0.29) is 5.91 Å². The summed E-state index contributed by atoms with van der Waals surface area (Å²) in [6, 6.07) is 5.89. The summed E-state index contributed by atoms with van der Waals surface area (Å²) in [4.78, 5) is 16.7. The van der Waals surface area contributed by atoms with Gasteiger partial charge in [-0.1, -0.05) is 6.07 Å². The maximum atomic E-state index is 11.3. The van der Waals surface area contributed by atoms with Gasteiger partial charge in [-0.15, -0.1) is 11.3 Å². The van der Waals surface area contributed by atoms with Gasteiger partial charge in [0, 0.05) is 16.1 Å². The lowest BCUT2D eigenvalue weighted by Crippen LogP contribution is -2.03. The molecule has 0 saturated carbocycles. The first-order chi connectivity index (χ1) is 8.13. The Balaban J connectivity index is 2.09. The van der Waals surface area contributed by atoms with Crippen molar-refractivity contribution in [2.75, 3.05) is 11.1 Å². The zero-order valence-corrected chi connectivity index (χ0v) is 10.1. The quantitative estimate of drug-likeness (QED) is 0.809. The van der Waals surface area contributed by atoms with Crippen molar-refractivity contribution >= 4 is 28.1 Å². The average Bonchev–Trinajstić information content (AvgIpc) is 2.78. The number of nitrogens with two attached hydrogens (primary N) is 1. The van der Waals surface area contributed by atoms with Crippen molar-refractivity contribution in [1.82, 2.24) is 4.98 Å². The summed E-state index contributed by atoms with van der Waals surface area (Å²) in [6.07, 6.45) is 0.446. The molecule has 4 nitrogen and oxygen atoms in total. The number of rotatable bonds is 1. The van der Waals surface area contributed by atoms with Crippen LogP contribution in [0.5, 0.6) is 0 Å². The summed E-state index contributed by atoms with van der Waals surface area (Å²) < 4.78 is 0. The summed E-state index contributed by atoms with van der Waals surface area (Å²) in [6.45, 7) is 2.00. The Hall–Kier alpha value is -1.88. The van der Waals surface area contributed by atoms with Crippen LogP contribution in [0.1, 0.15) is 10.4 Å². The highest BCUT2D eigenvalue weighted by molar-refractivity contribution is 7.15. The number of hydrogen-bond acceptors (Lipinski definition) is 4. The highest BCUT2D eigenvalue weighted by Crippen LogP contribution is 2.32. The summed E-state index contributed by atoms with van der Waals surface area (Å²) in [7, 11) is 0. The molecule has 17 heavy (non-hydrogen) atoms. The molecule has 3 rings (SSSR count). The van der Waals surface area contributed by atoms with Gasteiger partial charge in [0.2, 0.25) is 5.91 Å². The third-order valence-corrected chi connectivity index (χ3v) is 3.62. The van der Waals surface area contributed by atoms with Crippen LogP contribution in [0.4, 0.5) is 10.8 Å². The lowest BCUT2D eigenvalue weighted by molar-refractivity contribution is -0.115. The summed E-state index contributed by atoms with van der Waals surface area (Å²) in [5, 5.41) is 3.39. The van der Waals surface area contributed by atoms with Crippen LogP contribution in [-0.2, 0) is 11.2 Å². The number of aromatic nitrogens is 1. The SMILES string of the molecule is Cc1sc(N)nc1-c1ccc2c(c1)CC(=O)N2. The fourth-order valence-corrected chi connectivity index (χ4v) is 2.77. The molecule has 86 valence electrons. The number of carbonyl (C=O) groups is 1. The number of nitrogens with one attached hydrogen (secondary N) is 1. The van der Waals surface area contributed by atoms with E-state index in [0.717, 1.165) is 27.4 Å². The van der Waals surface area contributed by atoms with Gasteiger partial charge in [0.05, 0.1) is 12.1 Å². The van der Waals surface area contributed by atoms with E-state index in [1.807, 2.05) is 25.1 Å². The van der Waals surface area contributed by atoms with Crippen LogP contribution in [0.25, 0.3) is 11.3 Å². The standard InChI is InChI=1S/C12H11N3OS/c1-6-11(15-12(13)17-6)7-2-3-9-8(4-7)5-10(16)14-9/h2-4H,5H2,1H3,(H2,13,15)(H,14,16). The Kier molecular flexibility index (Phi) is 2.16. The minimum Gasteiger partial charge on any atom is -0.375 e. The zero-order valence-electron chi connectivity index (χ0n) is 9.28. The molecule has 2 heterocycles. The van der Waals surface area contributed by atoms with Crippen LogP contribution >= 0.6 is 11.3 Å². The summed E-state index contributed by atoms with van der Waals surface area (Å²) in [5.41, 5.74) is 9.55. The first-order valence-electron chi connectivity index (χ1n) is 5.29. The van der Waals surface area contributed by atoms with E-state index >= 15 is 0 Å². The molecule has 2 aromatic rings. The van der Waals surface area contributed by atoms with E-state index in [1.54, 1.807) is 0 Å². The number of nitrogens with zero attached hydrogens (tertiary/aromatic N) is 1. The smallest absolute Gasteiger partial charge is 0.228 e. The second-order valence-corrected chi connectivity index (χ2v) is 5.29. The van der Waals surface area contributed by atoms with Crippen LogP contribution in [-0.4, -0.2) is 10.9 Å². The van der Waals surface area contributed by atoms with E-state index in [2.05, 4.69) is 10.3 Å². The monoisotopic (exact) mass is 245 g/mol. The number of carbonyl (C=O) groups excluding carboxylic acids is 1. The van der Waals surface area contributed by atoms with Crippen LogP contribution in [0.15, 0.2) is 18.2 Å². The molecule has 5 heteroatoms. The molecule has 1 aromatic carbocycles. The van der Waals surface area contributed by atoms with E-state index in [0.29, 0.717) is 11.6 Å². The van der Waals surface area contributed by atoms with Gasteiger partial charge >= 0.3 is 0 Å². The first-order valence-corrected chi connectivity index (χ1v) is 6.11. The van der Waals surface area contributed by atoms with Gasteiger partial charge in [0.1, 0.15) is 0 Å². The van der Waals surface area contributed by atoms with Gasteiger partial charge < -0.3 is 11.1 Å². The predicted molar refractivity (Wildman–Crippen MR) is 69.0 cm³/mol. The van der Waals surface area contributed by atoms with Gasteiger partial charge in [-0.2, -0.15) is 0 Å². The Morgan fingerprint density at radius 3 is 3.00 bits per heavy atom. The van der Waals surface area contributed by atoms with Gasteiger partial charge in [-0.3, -0.25) is 4.79 Å². The van der Waals surface area contributed by atoms with E-state index in [4.69, 9.17) is 5.73 Å². The molecule has 1 aliphatic heterocycles. The van der Waals surface area contributed by atoms with Crippen LogP contribution in [0.3, 0.4) is 0 Å². The maximum Gasteiger partial charge on any atom is 0.228 e. The number of aryl methyl sites for hydroxylation is 1. The fourth-order valence-electron chi connectivity index (χ4n) is 2.06. The minimum atomic E-state index is 0.0478. The van der Waals surface area contributed by atoms with E-state index in [9.17, 15) is 4.79 Å². The minimum absolute atomic E-state index is 0.0478. The summed E-state index contributed by atoms with van der Waals surface area (Å²) in [5.74, 6) is 0.0478. The molecule has 0 saturated heterocycles. The molecular formula is C12H11N3OS. The lowest BCUT2D eigenvalue weighted by Gasteiger charge is -2.02. The zero-order chi connectivity index (χ0) is 12.0. The number of anilines is 2. The Labute approximate surface area is 102 Å². The van der Waals surface area contributed by atoms with E-state index in [1.165, 1.54) is 11.3 Å². The number of benzene rings is 1. The summed E-state index contributed by atoms with van der Waals surface area (Å²) >= 11 is 1.48. The van der Waals surface area contributed by atoms with Crippen LogP contribution in [0.2, 0.25) is 0 Å². The lowest BCUT2D eigenvalue weighted by atomic mass is 10.1. The molecule has 0 radical (unpaired) electrons. The third-order valence-electron chi connectivity index (χ3n) is 2.82. The largest absolute Gasteiger partial charge is 0.375 e. The second-order valence-electron chi connectivity index (χ2n) is 4.05. The van der Waals surface area contributed by atoms with Gasteiger partial charge in [0.25, 0.3) is 0 Å². The van der Waals surface area contributed by atoms with Crippen molar-refractivity contribution in [3.8, 4) is 11.3 Å².